The van der Waals surface area contributed by atoms with Gasteiger partial charge in [0.05, 0.1) is 12.0 Å². The van der Waals surface area contributed by atoms with Crippen molar-refractivity contribution in [1.29, 1.82) is 0 Å². The van der Waals surface area contributed by atoms with Crippen molar-refractivity contribution < 1.29 is 19.1 Å². The van der Waals surface area contributed by atoms with E-state index in [1.54, 1.807) is 50.4 Å². The van der Waals surface area contributed by atoms with Gasteiger partial charge in [-0.1, -0.05) is 18.2 Å². The number of esters is 1. The van der Waals surface area contributed by atoms with Gasteiger partial charge in [0.25, 0.3) is 5.56 Å². The van der Waals surface area contributed by atoms with Crippen LogP contribution < -0.4 is 15.6 Å². The Bertz CT molecular complexity index is 1140. The number of ether oxygens (including phenoxy) is 2. The summed E-state index contributed by atoms with van der Waals surface area (Å²) in [5, 5.41) is 3.76. The van der Waals surface area contributed by atoms with Crippen LogP contribution in [0.3, 0.4) is 0 Å². The molecule has 0 unspecified atom stereocenters. The van der Waals surface area contributed by atoms with Crippen LogP contribution in [0.5, 0.6) is 5.75 Å². The Kier molecular flexibility index (Phi) is 6.51. The van der Waals surface area contributed by atoms with Crippen LogP contribution in [0.4, 0.5) is 5.69 Å². The molecule has 2 aromatic carbocycles. The zero-order valence-corrected chi connectivity index (χ0v) is 17.2. The first-order chi connectivity index (χ1) is 14.4. The first-order valence-electron chi connectivity index (χ1n) is 9.71. The molecule has 0 aliphatic rings. The van der Waals surface area contributed by atoms with Gasteiger partial charge in [0, 0.05) is 17.3 Å². The average molecular weight is 408 g/mol. The summed E-state index contributed by atoms with van der Waals surface area (Å²) in [4.78, 5) is 37.1. The number of carbonyl (C=O) groups excluding carboxylic acids is 2. The summed E-state index contributed by atoms with van der Waals surface area (Å²) in [6.07, 6.45) is 0.737. The molecule has 3 aromatic rings. The molecule has 30 heavy (non-hydrogen) atoms. The number of anilines is 1. The molecule has 1 atom stereocenters. The third-order valence-electron chi connectivity index (χ3n) is 4.52. The van der Waals surface area contributed by atoms with Gasteiger partial charge in [0.2, 0.25) is 5.91 Å². The molecule has 1 aromatic heterocycles. The summed E-state index contributed by atoms with van der Waals surface area (Å²) >= 11 is 0. The van der Waals surface area contributed by atoms with Crippen LogP contribution in [0.1, 0.15) is 19.4 Å². The number of hydrogen-bond acceptors (Lipinski definition) is 5. The van der Waals surface area contributed by atoms with Gasteiger partial charge in [0.1, 0.15) is 12.3 Å². The molecule has 7 nitrogen and oxygen atoms in total. The molecule has 1 heterocycles. The summed E-state index contributed by atoms with van der Waals surface area (Å²) in [5.74, 6) is -0.373. The number of carbonyl (C=O) groups is 2. The zero-order chi connectivity index (χ0) is 21.7. The predicted octanol–water partition coefficient (Wildman–Crippen LogP) is 3.28. The molecule has 0 aliphatic carbocycles. The van der Waals surface area contributed by atoms with Crippen LogP contribution in [0.2, 0.25) is 0 Å². The van der Waals surface area contributed by atoms with Crippen LogP contribution in [-0.4, -0.2) is 29.2 Å². The van der Waals surface area contributed by atoms with E-state index in [-0.39, 0.29) is 24.6 Å². The van der Waals surface area contributed by atoms with Crippen molar-refractivity contribution >= 4 is 28.3 Å². The van der Waals surface area contributed by atoms with E-state index in [0.29, 0.717) is 22.2 Å². The maximum atomic E-state index is 12.9. The first-order valence-corrected chi connectivity index (χ1v) is 9.71. The highest BCUT2D eigenvalue weighted by Gasteiger charge is 2.18. The molecular formula is C23H24N2O5. The lowest BCUT2D eigenvalue weighted by atomic mass is 10.1. The standard InChI is InChI=1S/C23H24N2O5/c1-4-29-23(28)16(3)30-20-10-6-9-19-18(20)11-12-25(22(19)27)14-21(26)24-17-8-5-7-15(2)13-17/h5-13,16H,4,14H2,1-3H3,(H,24,26)/t16-/m1/s1. The van der Waals surface area contributed by atoms with Crippen molar-refractivity contribution in [3.8, 4) is 5.75 Å². The molecule has 0 bridgehead atoms. The fourth-order valence-corrected chi connectivity index (χ4v) is 3.09. The van der Waals surface area contributed by atoms with Crippen LogP contribution in [0.15, 0.2) is 59.5 Å². The van der Waals surface area contributed by atoms with Gasteiger partial charge in [0.15, 0.2) is 6.10 Å². The number of amides is 1. The number of benzene rings is 2. The quantitative estimate of drug-likeness (QED) is 0.607. The van der Waals surface area contributed by atoms with E-state index in [1.807, 2.05) is 25.1 Å². The molecule has 156 valence electrons. The number of pyridine rings is 1. The second-order valence-corrected chi connectivity index (χ2v) is 6.90. The number of nitrogens with one attached hydrogen (secondary N) is 1. The minimum Gasteiger partial charge on any atom is -0.478 e. The summed E-state index contributed by atoms with van der Waals surface area (Å²) in [6.45, 7) is 5.39. The van der Waals surface area contributed by atoms with E-state index in [9.17, 15) is 14.4 Å². The summed E-state index contributed by atoms with van der Waals surface area (Å²) < 4.78 is 12.0. The predicted molar refractivity (Wildman–Crippen MR) is 115 cm³/mol. The lowest BCUT2D eigenvalue weighted by Gasteiger charge is -2.15. The number of aryl methyl sites for hydroxylation is 1. The topological polar surface area (TPSA) is 86.6 Å². The minimum atomic E-state index is -0.807. The minimum absolute atomic E-state index is 0.118. The molecule has 0 aliphatic heterocycles. The van der Waals surface area contributed by atoms with Gasteiger partial charge in [-0.3, -0.25) is 9.59 Å². The molecule has 0 spiro atoms. The fraction of sp³-hybridized carbons (Fsp3) is 0.261. The number of hydrogen-bond donors (Lipinski definition) is 1. The Morgan fingerprint density at radius 3 is 2.60 bits per heavy atom. The normalized spacial score (nSPS) is 11.7. The molecule has 0 fully saturated rings. The van der Waals surface area contributed by atoms with Crippen molar-refractivity contribution in [2.24, 2.45) is 0 Å². The Morgan fingerprint density at radius 2 is 1.87 bits per heavy atom. The first kappa shape index (κ1) is 21.1. The molecule has 3 rings (SSSR count). The Balaban J connectivity index is 1.81. The van der Waals surface area contributed by atoms with E-state index in [1.165, 1.54) is 4.57 Å². The van der Waals surface area contributed by atoms with Gasteiger partial charge in [-0.25, -0.2) is 4.79 Å². The average Bonchev–Trinajstić information content (AvgIpc) is 2.70. The highest BCUT2D eigenvalue weighted by atomic mass is 16.6. The van der Waals surface area contributed by atoms with Crippen LogP contribution >= 0.6 is 0 Å². The van der Waals surface area contributed by atoms with Crippen molar-refractivity contribution in [2.75, 3.05) is 11.9 Å². The van der Waals surface area contributed by atoms with E-state index in [2.05, 4.69) is 5.32 Å². The van der Waals surface area contributed by atoms with Crippen molar-refractivity contribution in [3.05, 3.63) is 70.6 Å². The van der Waals surface area contributed by atoms with Crippen molar-refractivity contribution in [3.63, 3.8) is 0 Å². The molecule has 0 saturated heterocycles. The zero-order valence-electron chi connectivity index (χ0n) is 17.2. The third-order valence-corrected chi connectivity index (χ3v) is 4.52. The van der Waals surface area contributed by atoms with Gasteiger partial charge in [-0.05, 0) is 56.7 Å². The van der Waals surface area contributed by atoms with Crippen molar-refractivity contribution in [2.45, 2.75) is 33.4 Å². The van der Waals surface area contributed by atoms with Crippen molar-refractivity contribution in [1.82, 2.24) is 4.57 Å². The SMILES string of the molecule is CCOC(=O)[C@@H](C)Oc1cccc2c(=O)n(CC(=O)Nc3cccc(C)c3)ccc12. The molecule has 7 heteroatoms. The van der Waals surface area contributed by atoms with E-state index < -0.39 is 12.1 Å². The lowest BCUT2D eigenvalue weighted by molar-refractivity contribution is -0.150. The smallest absolute Gasteiger partial charge is 0.347 e. The lowest BCUT2D eigenvalue weighted by Crippen LogP contribution is -2.28. The number of rotatable bonds is 7. The van der Waals surface area contributed by atoms with Crippen LogP contribution in [0.25, 0.3) is 10.8 Å². The Morgan fingerprint density at radius 1 is 1.10 bits per heavy atom. The Hall–Kier alpha value is -3.61. The van der Waals surface area contributed by atoms with E-state index in [0.717, 1.165) is 5.56 Å². The van der Waals surface area contributed by atoms with Gasteiger partial charge in [-0.2, -0.15) is 0 Å². The molecule has 1 amide bonds. The number of nitrogens with zero attached hydrogens (tertiary/aromatic N) is 1. The summed E-state index contributed by atoms with van der Waals surface area (Å²) in [5.41, 5.74) is 1.39. The number of aromatic nitrogens is 1. The molecule has 0 saturated carbocycles. The van der Waals surface area contributed by atoms with Crippen LogP contribution in [-0.2, 0) is 20.9 Å². The highest BCUT2D eigenvalue weighted by molar-refractivity contribution is 5.91. The maximum Gasteiger partial charge on any atom is 0.347 e. The molecular weight excluding hydrogens is 384 g/mol. The second-order valence-electron chi connectivity index (χ2n) is 6.90. The number of fused-ring (bicyclic) bond motifs is 1. The van der Waals surface area contributed by atoms with Crippen LogP contribution in [0, 0.1) is 6.92 Å². The Labute approximate surface area is 174 Å². The van der Waals surface area contributed by atoms with Gasteiger partial charge >= 0.3 is 5.97 Å². The van der Waals surface area contributed by atoms with Gasteiger partial charge < -0.3 is 19.4 Å². The monoisotopic (exact) mass is 408 g/mol. The third kappa shape index (κ3) is 4.86. The van der Waals surface area contributed by atoms with Gasteiger partial charge in [-0.15, -0.1) is 0 Å². The second kappa shape index (κ2) is 9.26. The highest BCUT2D eigenvalue weighted by Crippen LogP contribution is 2.24. The largest absolute Gasteiger partial charge is 0.478 e. The maximum absolute atomic E-state index is 12.9. The fourth-order valence-electron chi connectivity index (χ4n) is 3.09. The molecule has 0 radical (unpaired) electrons. The summed E-state index contributed by atoms with van der Waals surface area (Å²) in [6, 6.07) is 14.2. The van der Waals surface area contributed by atoms with E-state index in [4.69, 9.17) is 9.47 Å². The molecule has 1 N–H and O–H groups in total. The van der Waals surface area contributed by atoms with E-state index >= 15 is 0 Å². The summed E-state index contributed by atoms with van der Waals surface area (Å²) in [7, 11) is 0.